The normalized spacial score (nSPS) is 20.1. The Morgan fingerprint density at radius 3 is 1.92 bits per heavy atom. The molecule has 12 heteroatoms. The zero-order valence-corrected chi connectivity index (χ0v) is 23.8. The highest BCUT2D eigenvalue weighted by Crippen LogP contribution is 2.56. The van der Waals surface area contributed by atoms with Crippen LogP contribution in [0.2, 0.25) is 20.1 Å². The quantitative estimate of drug-likeness (QED) is 0.125. The topological polar surface area (TPSA) is 70.5 Å². The van der Waals surface area contributed by atoms with Crippen LogP contribution < -0.4 is 20.9 Å². The van der Waals surface area contributed by atoms with Crippen LogP contribution in [0.5, 0.6) is 11.5 Å². The molecule has 3 aromatic rings. The Morgan fingerprint density at radius 1 is 0.722 bits per heavy atom. The number of nitrogen functional groups attached to an aromatic ring is 2. The van der Waals surface area contributed by atoms with E-state index in [0.29, 0.717) is 17.1 Å². The molecule has 0 aromatic heterocycles. The molecule has 1 aliphatic carbocycles. The molecular weight excluding hydrogens is 632 g/mol. The van der Waals surface area contributed by atoms with Crippen molar-refractivity contribution in [1.29, 1.82) is 0 Å². The molecule has 0 spiro atoms. The maximum Gasteiger partial charge on any atom is 0.194 e. The summed E-state index contributed by atoms with van der Waals surface area (Å²) < 4.78 is 12.3. The van der Waals surface area contributed by atoms with Crippen molar-refractivity contribution in [1.82, 2.24) is 0 Å². The number of anilines is 2. The van der Waals surface area contributed by atoms with Crippen molar-refractivity contribution in [2.45, 2.75) is 11.0 Å². The van der Waals surface area contributed by atoms with Gasteiger partial charge in [0.15, 0.2) is 11.4 Å². The number of rotatable bonds is 5. The first-order valence-corrected chi connectivity index (χ1v) is 13.1. The molecule has 0 bridgehead atoms. The molecule has 188 valence electrons. The molecule has 0 saturated heterocycles. The zero-order chi connectivity index (χ0) is 26.4. The molecule has 2 atom stereocenters. The van der Waals surface area contributed by atoms with Gasteiger partial charge in [-0.25, -0.2) is 0 Å². The van der Waals surface area contributed by atoms with Gasteiger partial charge in [-0.15, -0.1) is 11.6 Å². The molecule has 4 rings (SSSR count). The number of ether oxygens (including phenoxy) is 2. The van der Waals surface area contributed by atoms with E-state index >= 15 is 0 Å². The molecule has 3 aromatic carbocycles. The third-order valence-electron chi connectivity index (χ3n) is 5.23. The third kappa shape index (κ3) is 4.91. The first-order valence-electron chi connectivity index (χ1n) is 9.98. The predicted octanol–water partition coefficient (Wildman–Crippen LogP) is 9.58. The van der Waals surface area contributed by atoms with Crippen LogP contribution in [0.1, 0.15) is 5.56 Å². The number of halogens is 8. The molecule has 0 radical (unpaired) electrons. The minimum Gasteiger partial charge on any atom is -0.475 e. The molecule has 0 heterocycles. The number of benzene rings is 3. The summed E-state index contributed by atoms with van der Waals surface area (Å²) in [5, 5.41) is -1.42. The van der Waals surface area contributed by atoms with Gasteiger partial charge in [-0.1, -0.05) is 93.3 Å². The summed E-state index contributed by atoms with van der Waals surface area (Å²) in [7, 11) is 0. The zero-order valence-electron chi connectivity index (χ0n) is 17.8. The lowest BCUT2D eigenvalue weighted by Crippen LogP contribution is -2.46. The fourth-order valence-corrected chi connectivity index (χ4v) is 5.89. The first kappa shape index (κ1) is 27.7. The van der Waals surface area contributed by atoms with Crippen molar-refractivity contribution in [2.75, 3.05) is 11.5 Å². The van der Waals surface area contributed by atoms with Crippen LogP contribution in [0.3, 0.4) is 0 Å². The van der Waals surface area contributed by atoms with E-state index in [1.165, 1.54) is 6.07 Å². The summed E-state index contributed by atoms with van der Waals surface area (Å²) in [6, 6.07) is 14.6. The second kappa shape index (κ2) is 10.8. The Balaban J connectivity index is 1.96. The van der Waals surface area contributed by atoms with Crippen molar-refractivity contribution in [3.63, 3.8) is 0 Å². The number of nitrogens with two attached hydrogens (primary N) is 2. The fraction of sp³-hybridized carbons (Fsp3) is 0.0833. The number of alkyl halides is 1. The van der Waals surface area contributed by atoms with E-state index in [2.05, 4.69) is 0 Å². The lowest BCUT2D eigenvalue weighted by atomic mass is 9.85. The van der Waals surface area contributed by atoms with Crippen LogP contribution in [-0.4, -0.2) is 5.38 Å². The Bertz CT molecular complexity index is 1430. The van der Waals surface area contributed by atoms with Gasteiger partial charge in [-0.2, -0.15) is 0 Å². The van der Waals surface area contributed by atoms with E-state index in [4.69, 9.17) is 114 Å². The number of hydrogen-bond donors (Lipinski definition) is 2. The number of allylic oxidation sites excluding steroid dienone is 1. The van der Waals surface area contributed by atoms with Gasteiger partial charge in [0, 0.05) is 29.1 Å². The largest absolute Gasteiger partial charge is 0.475 e. The molecule has 2 unspecified atom stereocenters. The Labute approximate surface area is 247 Å². The van der Waals surface area contributed by atoms with Gasteiger partial charge in [-0.05, 0) is 30.3 Å². The molecule has 0 aliphatic heterocycles. The van der Waals surface area contributed by atoms with Crippen molar-refractivity contribution >= 4 is 104 Å². The summed E-state index contributed by atoms with van der Waals surface area (Å²) in [5.74, 6) is 0.642. The Kier molecular flexibility index (Phi) is 8.31. The smallest absolute Gasteiger partial charge is 0.194 e. The molecule has 0 fully saturated rings. The van der Waals surface area contributed by atoms with Gasteiger partial charge in [0.2, 0.25) is 0 Å². The van der Waals surface area contributed by atoms with Gasteiger partial charge >= 0.3 is 0 Å². The summed E-state index contributed by atoms with van der Waals surface area (Å²) in [5.41, 5.74) is 11.0. The van der Waals surface area contributed by atoms with Crippen LogP contribution in [0.25, 0.3) is 0 Å². The van der Waals surface area contributed by atoms with Crippen LogP contribution in [0.4, 0.5) is 11.4 Å². The third-order valence-corrected chi connectivity index (χ3v) is 8.94. The maximum atomic E-state index is 6.98. The Hall–Kier alpha value is -1.34. The molecule has 0 amide bonds. The van der Waals surface area contributed by atoms with E-state index in [1.54, 1.807) is 48.5 Å². The van der Waals surface area contributed by atoms with Crippen molar-refractivity contribution in [3.8, 4) is 11.5 Å². The molecule has 1 aliphatic rings. The molecule has 0 saturated carbocycles. The van der Waals surface area contributed by atoms with Crippen molar-refractivity contribution in [3.05, 3.63) is 101 Å². The second-order valence-electron chi connectivity index (χ2n) is 7.60. The van der Waals surface area contributed by atoms with Gasteiger partial charge in [-0.3, -0.25) is 0 Å². The monoisotopic (exact) mass is 642 g/mol. The SMILES string of the molecule is Nc1cccc(OC2=C(Cl)C(Cl)C(Oc3cccc(N)c3)(c3cc(Cl)c(Cl)c(Cl)c3Cl)C(Cl)=C2Cl)c1. The number of hydrogen-bond acceptors (Lipinski definition) is 4. The molecule has 36 heavy (non-hydrogen) atoms. The van der Waals surface area contributed by atoms with Gasteiger partial charge in [0.1, 0.15) is 21.9 Å². The predicted molar refractivity (Wildman–Crippen MR) is 152 cm³/mol. The highest BCUT2D eigenvalue weighted by Gasteiger charge is 2.54. The van der Waals surface area contributed by atoms with Gasteiger partial charge < -0.3 is 20.9 Å². The fourth-order valence-electron chi connectivity index (χ4n) is 3.58. The Morgan fingerprint density at radius 2 is 1.31 bits per heavy atom. The molecular formula is C24H14Cl8N2O2. The molecule has 4 nitrogen and oxygen atoms in total. The van der Waals surface area contributed by atoms with Crippen molar-refractivity contribution < 1.29 is 9.47 Å². The standard InChI is InChI=1S/C24H14Cl8N2O2/c25-15-9-14(16(26)18(28)17(15)27)24(36-13-6-2-4-11(34)8-13)22(31)19(29)21(20(30)23(24)32)35-12-5-1-3-10(33)7-12/h1-9,22H,33-34H2. The lowest BCUT2D eigenvalue weighted by molar-refractivity contribution is 0.116. The van der Waals surface area contributed by atoms with E-state index in [1.807, 2.05) is 0 Å². The van der Waals surface area contributed by atoms with Crippen LogP contribution in [-0.2, 0) is 5.60 Å². The van der Waals surface area contributed by atoms with E-state index in [0.717, 1.165) is 0 Å². The molecule has 4 N–H and O–H groups in total. The maximum absolute atomic E-state index is 6.98. The van der Waals surface area contributed by atoms with E-state index in [9.17, 15) is 0 Å². The van der Waals surface area contributed by atoms with Crippen LogP contribution in [0, 0.1) is 0 Å². The van der Waals surface area contributed by atoms with E-state index in [-0.39, 0.29) is 52.3 Å². The van der Waals surface area contributed by atoms with Crippen molar-refractivity contribution in [2.24, 2.45) is 0 Å². The average Bonchev–Trinajstić information content (AvgIpc) is 2.84. The second-order valence-corrected chi connectivity index (χ2v) is 10.7. The highest BCUT2D eigenvalue weighted by atomic mass is 35.5. The minimum atomic E-state index is -1.82. The van der Waals surface area contributed by atoms with Crippen LogP contribution in [0.15, 0.2) is 75.5 Å². The highest BCUT2D eigenvalue weighted by molar-refractivity contribution is 6.52. The summed E-state index contributed by atoms with van der Waals surface area (Å²) >= 11 is 52.9. The minimum absolute atomic E-state index is 0.00279. The summed E-state index contributed by atoms with van der Waals surface area (Å²) in [4.78, 5) is 0. The van der Waals surface area contributed by atoms with Gasteiger partial charge in [0.05, 0.1) is 30.2 Å². The van der Waals surface area contributed by atoms with Gasteiger partial charge in [0.25, 0.3) is 0 Å². The first-order chi connectivity index (χ1) is 17.0. The summed E-state index contributed by atoms with van der Waals surface area (Å²) in [6.07, 6.45) is 0. The van der Waals surface area contributed by atoms with Crippen LogP contribution >= 0.6 is 92.8 Å². The average molecular weight is 646 g/mol. The van der Waals surface area contributed by atoms with E-state index < -0.39 is 11.0 Å². The summed E-state index contributed by atoms with van der Waals surface area (Å²) in [6.45, 7) is 0. The lowest BCUT2D eigenvalue weighted by Gasteiger charge is -2.42.